The molecule has 1 spiro atoms. The minimum absolute atomic E-state index is 0.00702. The summed E-state index contributed by atoms with van der Waals surface area (Å²) in [5.41, 5.74) is 1.53. The van der Waals surface area contributed by atoms with Crippen LogP contribution in [0.1, 0.15) is 72.9 Å². The number of benzene rings is 2. The smallest absolute Gasteiger partial charge is 0.254 e. The topological polar surface area (TPSA) is 119 Å². The van der Waals surface area contributed by atoms with E-state index in [1.54, 1.807) is 35.7 Å². The first kappa shape index (κ1) is 30.2. The van der Waals surface area contributed by atoms with Crippen LogP contribution in [0.4, 0.5) is 0 Å². The molecule has 3 amide bonds. The molecule has 8 nitrogen and oxygen atoms in total. The third kappa shape index (κ3) is 6.52. The summed E-state index contributed by atoms with van der Waals surface area (Å²) in [7, 11) is 0. The van der Waals surface area contributed by atoms with E-state index in [0.717, 1.165) is 56.9 Å². The van der Waals surface area contributed by atoms with E-state index in [4.69, 9.17) is 0 Å². The maximum absolute atomic E-state index is 14.1. The zero-order chi connectivity index (χ0) is 29.7. The van der Waals surface area contributed by atoms with E-state index in [0.29, 0.717) is 11.4 Å². The molecule has 0 aromatic heterocycles. The van der Waals surface area contributed by atoms with Crippen LogP contribution < -0.4 is 10.6 Å². The maximum atomic E-state index is 14.1. The summed E-state index contributed by atoms with van der Waals surface area (Å²) in [6.07, 6.45) is 10.4. The summed E-state index contributed by atoms with van der Waals surface area (Å²) in [6, 6.07) is 12.4. The molecule has 42 heavy (non-hydrogen) atoms. The molecule has 0 bridgehead atoms. The number of aliphatic hydroxyl groups is 1. The second-order valence-corrected chi connectivity index (χ2v) is 13.1. The van der Waals surface area contributed by atoms with Crippen LogP contribution in [0, 0.1) is 6.92 Å². The number of aliphatic hydroxyl groups excluding tert-OH is 1. The minimum Gasteiger partial charge on any atom is -0.508 e. The number of thioether (sulfide) groups is 1. The average molecular weight is 592 g/mol. The molecule has 2 aliphatic carbocycles. The van der Waals surface area contributed by atoms with Gasteiger partial charge in [0.15, 0.2) is 6.10 Å². The number of phenols is 1. The van der Waals surface area contributed by atoms with Crippen molar-refractivity contribution in [3.63, 3.8) is 0 Å². The van der Waals surface area contributed by atoms with Gasteiger partial charge in [0.2, 0.25) is 5.91 Å². The van der Waals surface area contributed by atoms with Crippen LogP contribution in [0.2, 0.25) is 0 Å². The van der Waals surface area contributed by atoms with Crippen LogP contribution in [-0.4, -0.2) is 67.7 Å². The number of hydrogen-bond acceptors (Lipinski definition) is 6. The van der Waals surface area contributed by atoms with Gasteiger partial charge in [0.05, 0.1) is 11.9 Å². The van der Waals surface area contributed by atoms with Crippen LogP contribution in [0.15, 0.2) is 60.7 Å². The van der Waals surface area contributed by atoms with E-state index in [2.05, 4.69) is 16.7 Å². The van der Waals surface area contributed by atoms with Gasteiger partial charge in [0.1, 0.15) is 11.8 Å². The molecule has 1 heterocycles. The molecule has 2 fully saturated rings. The predicted molar refractivity (Wildman–Crippen MR) is 164 cm³/mol. The number of carbonyl (C=O) groups is 3. The van der Waals surface area contributed by atoms with E-state index in [1.165, 1.54) is 6.07 Å². The van der Waals surface area contributed by atoms with E-state index >= 15 is 0 Å². The number of carbonyl (C=O) groups excluding carboxylic acids is 3. The Hall–Kier alpha value is -3.30. The second kappa shape index (κ2) is 13.3. The van der Waals surface area contributed by atoms with Crippen molar-refractivity contribution < 1.29 is 24.6 Å². The standard InChI is InChI=1S/C33H41N3O5S/c1-22-25(16-11-17-27(22)37)30(39)35-26(20-23-12-5-2-6-13-23)28(38)32(41)36-21-42-33(18-9-4-10-19-33)29(36)31(40)34-24-14-7-3-8-15-24/h2,5-7,11-14,16-17,24,26,28-29,37-38H,3-4,8-10,15,18-21H2,1H3,(H,34,40)(H,35,39)/t24?,26?,28-,29+/m0/s1. The predicted octanol–water partition coefficient (Wildman–Crippen LogP) is 4.23. The molecule has 0 radical (unpaired) electrons. The van der Waals surface area contributed by atoms with Gasteiger partial charge < -0.3 is 25.7 Å². The summed E-state index contributed by atoms with van der Waals surface area (Å²) >= 11 is 1.65. The number of rotatable bonds is 8. The second-order valence-electron chi connectivity index (χ2n) is 11.7. The summed E-state index contributed by atoms with van der Waals surface area (Å²) in [6.45, 7) is 1.65. The van der Waals surface area contributed by atoms with Gasteiger partial charge in [0, 0.05) is 21.9 Å². The highest BCUT2D eigenvalue weighted by molar-refractivity contribution is 8.01. The summed E-state index contributed by atoms with van der Waals surface area (Å²) in [5.74, 6) is -0.913. The van der Waals surface area contributed by atoms with Crippen LogP contribution in [-0.2, 0) is 16.0 Å². The Bertz CT molecular complexity index is 1310. The Morgan fingerprint density at radius 2 is 1.81 bits per heavy atom. The lowest BCUT2D eigenvalue weighted by atomic mass is 9.81. The normalized spacial score (nSPS) is 22.9. The van der Waals surface area contributed by atoms with E-state index < -0.39 is 30.0 Å². The largest absolute Gasteiger partial charge is 0.508 e. The van der Waals surface area contributed by atoms with Gasteiger partial charge in [-0.05, 0) is 63.1 Å². The highest BCUT2D eigenvalue weighted by atomic mass is 32.2. The molecule has 5 rings (SSSR count). The summed E-state index contributed by atoms with van der Waals surface area (Å²) in [4.78, 5) is 42.9. The number of amides is 3. The highest BCUT2D eigenvalue weighted by Gasteiger charge is 2.55. The molecule has 4 atom stereocenters. The Morgan fingerprint density at radius 3 is 2.52 bits per heavy atom. The fraction of sp³-hybridized carbons (Fsp3) is 0.485. The molecule has 1 aliphatic heterocycles. The van der Waals surface area contributed by atoms with Crippen LogP contribution in [0.5, 0.6) is 5.75 Å². The van der Waals surface area contributed by atoms with E-state index in [1.807, 2.05) is 36.4 Å². The number of phenolic OH excluding ortho intramolecular Hbond substituents is 1. The fourth-order valence-corrected chi connectivity index (χ4v) is 8.18. The summed E-state index contributed by atoms with van der Waals surface area (Å²) in [5, 5.41) is 27.8. The van der Waals surface area contributed by atoms with Crippen LogP contribution in [0.3, 0.4) is 0 Å². The van der Waals surface area contributed by atoms with E-state index in [-0.39, 0.29) is 34.4 Å². The zero-order valence-electron chi connectivity index (χ0n) is 24.1. The first-order valence-electron chi connectivity index (χ1n) is 15.0. The first-order chi connectivity index (χ1) is 20.3. The molecule has 1 saturated carbocycles. The Kier molecular flexibility index (Phi) is 9.58. The van der Waals surface area contributed by atoms with Crippen LogP contribution in [0.25, 0.3) is 0 Å². The number of nitrogens with zero attached hydrogens (tertiary/aromatic N) is 1. The Labute approximate surface area is 252 Å². The molecule has 224 valence electrons. The van der Waals surface area contributed by atoms with Gasteiger partial charge in [-0.2, -0.15) is 0 Å². The third-order valence-corrected chi connectivity index (χ3v) is 10.5. The van der Waals surface area contributed by atoms with Crippen molar-refractivity contribution >= 4 is 29.5 Å². The van der Waals surface area contributed by atoms with Crippen molar-refractivity contribution in [1.29, 1.82) is 0 Å². The number of aromatic hydroxyl groups is 1. The van der Waals surface area contributed by atoms with Crippen LogP contribution >= 0.6 is 11.8 Å². The lowest BCUT2D eigenvalue weighted by molar-refractivity contribution is -0.147. The Morgan fingerprint density at radius 1 is 1.05 bits per heavy atom. The molecule has 2 unspecified atom stereocenters. The minimum atomic E-state index is -1.57. The molecule has 1 saturated heterocycles. The van der Waals surface area contributed by atoms with Gasteiger partial charge in [-0.3, -0.25) is 14.4 Å². The first-order valence-corrected chi connectivity index (χ1v) is 16.0. The third-order valence-electron chi connectivity index (χ3n) is 8.91. The van der Waals surface area contributed by atoms with Crippen molar-refractivity contribution in [2.75, 3.05) is 5.88 Å². The van der Waals surface area contributed by atoms with Crippen molar-refractivity contribution in [2.24, 2.45) is 0 Å². The lowest BCUT2D eigenvalue weighted by Crippen LogP contribution is -2.60. The van der Waals surface area contributed by atoms with Crippen molar-refractivity contribution in [3.8, 4) is 5.75 Å². The Balaban J connectivity index is 1.41. The lowest BCUT2D eigenvalue weighted by Gasteiger charge is -2.40. The molecular formula is C33H41N3O5S. The van der Waals surface area contributed by atoms with Crippen molar-refractivity contribution in [1.82, 2.24) is 15.5 Å². The number of nitrogens with one attached hydrogen (secondary N) is 2. The van der Waals surface area contributed by atoms with Crippen molar-refractivity contribution in [3.05, 3.63) is 77.4 Å². The summed E-state index contributed by atoms with van der Waals surface area (Å²) < 4.78 is -0.382. The molecule has 9 heteroatoms. The molecule has 4 N–H and O–H groups in total. The van der Waals surface area contributed by atoms with Gasteiger partial charge >= 0.3 is 0 Å². The zero-order valence-corrected chi connectivity index (χ0v) is 24.9. The van der Waals surface area contributed by atoms with Gasteiger partial charge in [-0.1, -0.05) is 67.8 Å². The highest BCUT2D eigenvalue weighted by Crippen LogP contribution is 2.49. The fourth-order valence-electron chi connectivity index (χ4n) is 6.54. The monoisotopic (exact) mass is 591 g/mol. The molecule has 2 aromatic rings. The number of allylic oxidation sites excluding steroid dienone is 1. The SMILES string of the molecule is Cc1c(O)cccc1C(=O)NC(Cc1ccccc1)[C@H](O)C(=O)N1CSC2(CCCCC2)[C@H]1C(=O)NC1C=CCCC1. The van der Waals surface area contributed by atoms with E-state index in [9.17, 15) is 24.6 Å². The maximum Gasteiger partial charge on any atom is 0.254 e. The quantitative estimate of drug-likeness (QED) is 0.341. The average Bonchev–Trinajstić information content (AvgIpc) is 3.36. The van der Waals surface area contributed by atoms with Gasteiger partial charge in [-0.15, -0.1) is 11.8 Å². The van der Waals surface area contributed by atoms with Gasteiger partial charge in [0.25, 0.3) is 11.8 Å². The van der Waals surface area contributed by atoms with Gasteiger partial charge in [-0.25, -0.2) is 0 Å². The molecular weight excluding hydrogens is 550 g/mol. The number of hydrogen-bond donors (Lipinski definition) is 4. The molecule has 2 aromatic carbocycles. The van der Waals surface area contributed by atoms with Crippen molar-refractivity contribution in [2.45, 2.75) is 93.7 Å². The molecule has 3 aliphatic rings.